The van der Waals surface area contributed by atoms with Gasteiger partial charge in [-0.15, -0.1) is 0 Å². The lowest BCUT2D eigenvalue weighted by molar-refractivity contribution is 0.254. The Morgan fingerprint density at radius 2 is 0.680 bits per heavy atom. The van der Waals surface area contributed by atoms with Crippen molar-refractivity contribution in [3.8, 4) is 0 Å². The third-order valence-corrected chi connectivity index (χ3v) is 34.2. The summed E-state index contributed by atoms with van der Waals surface area (Å²) in [5.41, 5.74) is 0. The lowest BCUT2D eigenvalue weighted by Gasteiger charge is -2.56. The first-order valence-corrected chi connectivity index (χ1v) is 17.9. The standard InChI is InChI=1S/C8H2Br16O/c9-1(25)2(10,11)3(12,13)4(14,15)5(16,17)6(18,19)7(20,21)8(22,23)24/h1,25H. The van der Waals surface area contributed by atoms with Crippen LogP contribution in [0, 0.1) is 0 Å². The zero-order valence-electron chi connectivity index (χ0n) is 10.6. The van der Waals surface area contributed by atoms with Crippen LogP contribution >= 0.6 is 255 Å². The highest BCUT2D eigenvalue weighted by atomic mass is 80.0. The second-order valence-electron chi connectivity index (χ2n) is 4.33. The van der Waals surface area contributed by atoms with Gasteiger partial charge in [0.2, 0.25) is 0 Å². The molecule has 1 N–H and O–H groups in total. The van der Waals surface area contributed by atoms with Gasteiger partial charge in [-0.05, 0) is 0 Å². The lowest BCUT2D eigenvalue weighted by Crippen LogP contribution is -2.67. The number of aliphatic hydroxyl groups is 1. The smallest absolute Gasteiger partial charge is 0.162 e. The van der Waals surface area contributed by atoms with Crippen LogP contribution in [0.3, 0.4) is 0 Å². The Labute approximate surface area is 280 Å². The molecule has 0 aromatic heterocycles. The fourth-order valence-electron chi connectivity index (χ4n) is 1.13. The largest absolute Gasteiger partial charge is 0.379 e. The van der Waals surface area contributed by atoms with Crippen LogP contribution in [0.2, 0.25) is 0 Å². The van der Waals surface area contributed by atoms with Crippen molar-refractivity contribution in [2.24, 2.45) is 0 Å². The molecule has 17 heteroatoms. The number of hydrogen-bond acceptors (Lipinski definition) is 1. The minimum atomic E-state index is -1.07. The lowest BCUT2D eigenvalue weighted by atomic mass is 10.1. The summed E-state index contributed by atoms with van der Waals surface area (Å²) >= 11 is 57.7. The van der Waals surface area contributed by atoms with Crippen LogP contribution in [0.4, 0.5) is 0 Å². The Bertz CT molecular complexity index is 487. The van der Waals surface area contributed by atoms with Crippen molar-refractivity contribution in [1.82, 2.24) is 0 Å². The fraction of sp³-hybridized carbons (Fsp3) is 1.00. The van der Waals surface area contributed by atoms with Crippen LogP contribution in [0.25, 0.3) is 0 Å². The molecule has 0 heterocycles. The molecule has 1 unspecified atom stereocenters. The first-order chi connectivity index (χ1) is 10.4. The van der Waals surface area contributed by atoms with E-state index in [0.717, 1.165) is 0 Å². The Balaban J connectivity index is 6.50. The Kier molecular flexibility index (Phi) is 14.0. The third-order valence-electron chi connectivity index (χ3n) is 2.65. The maximum atomic E-state index is 10.2. The van der Waals surface area contributed by atoms with Gasteiger partial charge in [0.25, 0.3) is 0 Å². The van der Waals surface area contributed by atoms with Gasteiger partial charge in [-0.3, -0.25) is 0 Å². The maximum Gasteiger partial charge on any atom is 0.162 e. The molecule has 0 aliphatic heterocycles. The van der Waals surface area contributed by atoms with E-state index in [9.17, 15) is 5.11 Å². The van der Waals surface area contributed by atoms with E-state index < -0.39 is 26.6 Å². The van der Waals surface area contributed by atoms with Crippen molar-refractivity contribution < 1.29 is 5.11 Å². The van der Waals surface area contributed by atoms with Gasteiger partial charge in [0.05, 0.1) is 0 Å². The van der Waals surface area contributed by atoms with Crippen LogP contribution in [-0.2, 0) is 0 Å². The zero-order valence-corrected chi connectivity index (χ0v) is 35.9. The molecule has 0 aliphatic rings. The maximum absolute atomic E-state index is 10.2. The second kappa shape index (κ2) is 10.7. The molecule has 0 rings (SSSR count). The number of halogens is 16. The number of hydrogen-bond donors (Lipinski definition) is 1. The van der Waals surface area contributed by atoms with Gasteiger partial charge in [-0.25, -0.2) is 0 Å². The summed E-state index contributed by atoms with van der Waals surface area (Å²) in [4.78, 5) is 0. The molecular weight excluding hydrogens is 1390 g/mol. The molecule has 0 saturated heterocycles. The minimum absolute atomic E-state index is 0.786. The summed E-state index contributed by atoms with van der Waals surface area (Å²) in [5.74, 6) is 0. The quantitative estimate of drug-likeness (QED) is 0.263. The predicted octanol–water partition coefficient (Wildman–Crippen LogP) is 11.5. The van der Waals surface area contributed by atoms with Gasteiger partial charge in [-0.1, -0.05) is 255 Å². The van der Waals surface area contributed by atoms with Gasteiger partial charge in [0, 0.05) is 0 Å². The summed E-state index contributed by atoms with van der Waals surface area (Å²) in [6.45, 7) is 0. The molecule has 0 radical (unpaired) electrons. The average molecular weight is 1390 g/mol. The molecule has 0 bridgehead atoms. The van der Waals surface area contributed by atoms with Crippen molar-refractivity contribution in [2.75, 3.05) is 0 Å². The van der Waals surface area contributed by atoms with Crippen molar-refractivity contribution in [1.29, 1.82) is 0 Å². The van der Waals surface area contributed by atoms with E-state index in [4.69, 9.17) is 0 Å². The summed E-state index contributed by atoms with van der Waals surface area (Å²) < 4.78 is -6.82. The van der Waals surface area contributed by atoms with E-state index in [1.165, 1.54) is 0 Å². The second-order valence-corrected chi connectivity index (χ2v) is 32.7. The normalized spacial score (nSPS) is 17.6. The van der Waals surface area contributed by atoms with Gasteiger partial charge in [0.1, 0.15) is 24.4 Å². The summed E-state index contributed by atoms with van der Waals surface area (Å²) in [7, 11) is 0. The molecule has 0 spiro atoms. The molecule has 25 heavy (non-hydrogen) atoms. The summed E-state index contributed by atoms with van der Waals surface area (Å²) in [6.07, 6.45) is 0. The topological polar surface area (TPSA) is 20.2 Å². The van der Waals surface area contributed by atoms with Crippen LogP contribution in [-0.4, -0.2) is 31.7 Å². The molecular formula is C8H2Br16O. The molecule has 0 amide bonds. The van der Waals surface area contributed by atoms with Crippen molar-refractivity contribution in [3.63, 3.8) is 0 Å². The van der Waals surface area contributed by atoms with E-state index in [-0.39, 0.29) is 0 Å². The van der Waals surface area contributed by atoms with Crippen LogP contribution < -0.4 is 0 Å². The predicted molar refractivity (Wildman–Crippen MR) is 168 cm³/mol. The Hall–Kier alpha value is 7.64. The van der Waals surface area contributed by atoms with Crippen molar-refractivity contribution >= 4 is 255 Å². The number of rotatable bonds is 6. The van der Waals surface area contributed by atoms with E-state index >= 15 is 0 Å². The minimum Gasteiger partial charge on any atom is -0.379 e. The highest BCUT2D eigenvalue weighted by molar-refractivity contribution is 9.42. The van der Waals surface area contributed by atoms with E-state index in [0.29, 0.717) is 0 Å². The summed E-state index contributed by atoms with van der Waals surface area (Å²) in [6, 6.07) is 0. The highest BCUT2D eigenvalue weighted by Gasteiger charge is 2.76. The van der Waals surface area contributed by atoms with Gasteiger partial charge < -0.3 is 5.11 Å². The first kappa shape index (κ1) is 32.6. The first-order valence-electron chi connectivity index (χ1n) is 5.10. The SMILES string of the molecule is OC(Br)C(Br)(Br)C(Br)(Br)C(Br)(Br)C(Br)(Br)C(Br)(Br)C(Br)(Br)C(Br)(Br)Br. The molecule has 0 aromatic rings. The molecule has 1 nitrogen and oxygen atoms in total. The molecule has 0 aromatic carbocycles. The van der Waals surface area contributed by atoms with Crippen LogP contribution in [0.15, 0.2) is 0 Å². The van der Waals surface area contributed by atoms with Gasteiger partial charge in [-0.2, -0.15) is 0 Å². The Morgan fingerprint density at radius 3 is 0.920 bits per heavy atom. The Morgan fingerprint density at radius 1 is 0.440 bits per heavy atom. The van der Waals surface area contributed by atoms with Gasteiger partial charge >= 0.3 is 0 Å². The van der Waals surface area contributed by atoms with Crippen molar-refractivity contribution in [3.05, 3.63) is 0 Å². The summed E-state index contributed by atoms with van der Waals surface area (Å²) in [5, 5.41) is 9.18. The average Bonchev–Trinajstić information content (AvgIpc) is 2.35. The van der Waals surface area contributed by atoms with Crippen LogP contribution in [0.1, 0.15) is 0 Å². The van der Waals surface area contributed by atoms with Crippen molar-refractivity contribution in [2.45, 2.75) is 26.6 Å². The van der Waals surface area contributed by atoms with E-state index in [1.807, 2.05) is 0 Å². The van der Waals surface area contributed by atoms with E-state index in [1.54, 1.807) is 0 Å². The number of aliphatic hydroxyl groups excluding tert-OH is 1. The molecule has 0 saturated carbocycles. The van der Waals surface area contributed by atoms with E-state index in [2.05, 4.69) is 255 Å². The highest BCUT2D eigenvalue weighted by Crippen LogP contribution is 2.76. The third kappa shape index (κ3) is 6.08. The molecule has 0 aliphatic carbocycles. The monoisotopic (exact) mass is 1380 g/mol. The molecule has 0 fully saturated rings. The van der Waals surface area contributed by atoms with Gasteiger partial charge in [0.15, 0.2) is 2.14 Å². The number of alkyl halides is 16. The molecule has 152 valence electrons. The fourth-order valence-corrected chi connectivity index (χ4v) is 14.6. The molecule has 1 atom stereocenters. The zero-order chi connectivity index (χ0) is 21.1. The van der Waals surface area contributed by atoms with Crippen LogP contribution in [0.5, 0.6) is 0 Å².